The van der Waals surface area contributed by atoms with Crippen molar-refractivity contribution in [2.75, 3.05) is 0 Å². The lowest BCUT2D eigenvalue weighted by atomic mass is 9.44. The Bertz CT molecular complexity index is 614. The molecule has 4 rings (SSSR count). The van der Waals surface area contributed by atoms with Crippen LogP contribution in [0.3, 0.4) is 0 Å². The number of aliphatic hydroxyl groups is 1. The number of hydrogen-bond acceptors (Lipinski definition) is 2. The van der Waals surface area contributed by atoms with E-state index in [9.17, 15) is 9.90 Å². The zero-order chi connectivity index (χ0) is 21.0. The van der Waals surface area contributed by atoms with Gasteiger partial charge in [-0.1, -0.05) is 53.9 Å². The van der Waals surface area contributed by atoms with Crippen molar-refractivity contribution in [3.63, 3.8) is 0 Å². The van der Waals surface area contributed by atoms with E-state index in [0.717, 1.165) is 49.4 Å². The SMILES string of the molecule is CCC(C)CC[C@@H](C)[C@H]1CC[C@H]2[C@@H]3CC(=O)[C@H]4CC[C@H](O)C[C@]4(C)[C@H]3CC[C@]12C. The standard InChI is InChI=1S/C27H46O2/c1-6-17(2)7-8-18(3)21-11-12-22-20-15-25(29)24-10-9-19(28)16-27(24,5)23(20)13-14-26(21,22)4/h17-24,28H,6-16H2,1-5H3/t17?,18-,19+,20+,21-,22+,23+,24-,26-,27-/m1/s1. The third kappa shape index (κ3) is 3.54. The minimum absolute atomic E-state index is 0.0548. The van der Waals surface area contributed by atoms with Crippen LogP contribution in [-0.4, -0.2) is 17.0 Å². The number of Topliss-reactive ketones (excluding diaryl/α,β-unsaturated/α-hetero) is 1. The van der Waals surface area contributed by atoms with Crippen molar-refractivity contribution >= 4 is 5.78 Å². The Morgan fingerprint density at radius 1 is 1.00 bits per heavy atom. The molecule has 1 N–H and O–H groups in total. The molecule has 0 aromatic carbocycles. The van der Waals surface area contributed by atoms with Crippen molar-refractivity contribution in [1.82, 2.24) is 0 Å². The van der Waals surface area contributed by atoms with Crippen LogP contribution in [0.1, 0.15) is 105 Å². The number of aliphatic hydroxyl groups excluding tert-OH is 1. The average Bonchev–Trinajstić information content (AvgIpc) is 3.02. The Hall–Kier alpha value is -0.370. The maximum atomic E-state index is 13.2. The molecule has 0 bridgehead atoms. The summed E-state index contributed by atoms with van der Waals surface area (Å²) in [6, 6.07) is 0. The number of carbonyl (C=O) groups is 1. The summed E-state index contributed by atoms with van der Waals surface area (Å²) < 4.78 is 0. The Labute approximate surface area is 179 Å². The summed E-state index contributed by atoms with van der Waals surface area (Å²) in [4.78, 5) is 13.2. The molecule has 0 amide bonds. The molecule has 0 aliphatic heterocycles. The maximum absolute atomic E-state index is 13.2. The van der Waals surface area contributed by atoms with E-state index in [4.69, 9.17) is 0 Å². The quantitative estimate of drug-likeness (QED) is 0.559. The van der Waals surface area contributed by atoms with Crippen molar-refractivity contribution in [1.29, 1.82) is 0 Å². The van der Waals surface area contributed by atoms with Crippen LogP contribution in [0.5, 0.6) is 0 Å². The van der Waals surface area contributed by atoms with E-state index in [0.29, 0.717) is 23.0 Å². The van der Waals surface area contributed by atoms with E-state index in [1.54, 1.807) is 0 Å². The number of ketones is 1. The van der Waals surface area contributed by atoms with Gasteiger partial charge in [0, 0.05) is 12.3 Å². The summed E-state index contributed by atoms with van der Waals surface area (Å²) in [5.41, 5.74) is 0.492. The van der Waals surface area contributed by atoms with Gasteiger partial charge in [0.15, 0.2) is 0 Å². The van der Waals surface area contributed by atoms with Crippen LogP contribution >= 0.6 is 0 Å². The van der Waals surface area contributed by atoms with Gasteiger partial charge in [0.1, 0.15) is 5.78 Å². The summed E-state index contributed by atoms with van der Waals surface area (Å²) in [5, 5.41) is 10.5. The van der Waals surface area contributed by atoms with E-state index in [2.05, 4.69) is 34.6 Å². The molecule has 4 fully saturated rings. The van der Waals surface area contributed by atoms with Crippen LogP contribution in [0.2, 0.25) is 0 Å². The fourth-order valence-corrected chi connectivity index (χ4v) is 9.07. The van der Waals surface area contributed by atoms with Gasteiger partial charge in [0.05, 0.1) is 6.10 Å². The highest BCUT2D eigenvalue weighted by Gasteiger charge is 2.62. The summed E-state index contributed by atoms with van der Waals surface area (Å²) in [6.07, 6.45) is 12.7. The number of hydrogen-bond donors (Lipinski definition) is 1. The van der Waals surface area contributed by atoms with Crippen LogP contribution in [-0.2, 0) is 4.79 Å². The highest BCUT2D eigenvalue weighted by atomic mass is 16.3. The molecule has 0 radical (unpaired) electrons. The number of fused-ring (bicyclic) bond motifs is 5. The molecule has 4 aliphatic rings. The Morgan fingerprint density at radius 2 is 1.72 bits per heavy atom. The van der Waals surface area contributed by atoms with Gasteiger partial charge in [-0.05, 0) is 91.3 Å². The molecular weight excluding hydrogens is 356 g/mol. The minimum Gasteiger partial charge on any atom is -0.393 e. The van der Waals surface area contributed by atoms with Gasteiger partial charge < -0.3 is 5.11 Å². The molecule has 2 heteroatoms. The third-order valence-corrected chi connectivity index (χ3v) is 10.9. The monoisotopic (exact) mass is 402 g/mol. The first kappa shape index (κ1) is 21.8. The first-order valence-corrected chi connectivity index (χ1v) is 12.9. The van der Waals surface area contributed by atoms with E-state index < -0.39 is 0 Å². The Morgan fingerprint density at radius 3 is 2.45 bits per heavy atom. The molecule has 4 aliphatic carbocycles. The molecule has 2 nitrogen and oxygen atoms in total. The molecule has 0 spiro atoms. The lowest BCUT2D eigenvalue weighted by Crippen LogP contribution is -2.57. The van der Waals surface area contributed by atoms with Crippen LogP contribution in [0, 0.1) is 52.3 Å². The van der Waals surface area contributed by atoms with Crippen molar-refractivity contribution < 1.29 is 9.90 Å². The van der Waals surface area contributed by atoms with Gasteiger partial charge in [0.25, 0.3) is 0 Å². The molecule has 166 valence electrons. The Kier molecular flexibility index (Phi) is 5.99. The summed E-state index contributed by atoms with van der Waals surface area (Å²) >= 11 is 0. The average molecular weight is 403 g/mol. The molecule has 0 aromatic heterocycles. The van der Waals surface area contributed by atoms with Gasteiger partial charge in [-0.2, -0.15) is 0 Å². The van der Waals surface area contributed by atoms with Crippen LogP contribution in [0.15, 0.2) is 0 Å². The second-order valence-electron chi connectivity index (χ2n) is 12.3. The number of rotatable bonds is 5. The predicted octanol–water partition coefficient (Wildman–Crippen LogP) is 6.65. The van der Waals surface area contributed by atoms with E-state index >= 15 is 0 Å². The van der Waals surface area contributed by atoms with Crippen LogP contribution in [0.25, 0.3) is 0 Å². The normalized spacial score (nSPS) is 49.1. The molecule has 0 aromatic rings. The largest absolute Gasteiger partial charge is 0.393 e. The van der Waals surface area contributed by atoms with E-state index in [-0.39, 0.29) is 17.4 Å². The van der Waals surface area contributed by atoms with Crippen molar-refractivity contribution in [3.8, 4) is 0 Å². The van der Waals surface area contributed by atoms with Gasteiger partial charge in [0.2, 0.25) is 0 Å². The second-order valence-corrected chi connectivity index (χ2v) is 12.3. The molecule has 0 heterocycles. The number of carbonyl (C=O) groups excluding carboxylic acids is 1. The van der Waals surface area contributed by atoms with Crippen molar-refractivity contribution in [2.45, 2.75) is 111 Å². The fourth-order valence-electron chi connectivity index (χ4n) is 9.07. The van der Waals surface area contributed by atoms with Gasteiger partial charge in [-0.15, -0.1) is 0 Å². The van der Waals surface area contributed by atoms with Crippen molar-refractivity contribution in [2.24, 2.45) is 52.3 Å². The highest BCUT2D eigenvalue weighted by Crippen LogP contribution is 2.67. The summed E-state index contributed by atoms with van der Waals surface area (Å²) in [6.45, 7) is 12.2. The predicted molar refractivity (Wildman–Crippen MR) is 119 cm³/mol. The zero-order valence-corrected chi connectivity index (χ0v) is 19.8. The fraction of sp³-hybridized carbons (Fsp3) is 0.963. The minimum atomic E-state index is -0.187. The van der Waals surface area contributed by atoms with Gasteiger partial charge >= 0.3 is 0 Å². The third-order valence-electron chi connectivity index (χ3n) is 10.9. The first-order chi connectivity index (χ1) is 13.7. The molecule has 29 heavy (non-hydrogen) atoms. The van der Waals surface area contributed by atoms with E-state index in [1.165, 1.54) is 44.9 Å². The van der Waals surface area contributed by atoms with Gasteiger partial charge in [-0.3, -0.25) is 4.79 Å². The smallest absolute Gasteiger partial charge is 0.136 e. The first-order valence-electron chi connectivity index (χ1n) is 12.9. The molecule has 1 unspecified atom stereocenters. The lowest BCUT2D eigenvalue weighted by Gasteiger charge is -2.60. The molecule has 0 saturated heterocycles. The molecular formula is C27H46O2. The molecule has 4 saturated carbocycles. The summed E-state index contributed by atoms with van der Waals surface area (Å²) in [5.74, 6) is 5.25. The second kappa shape index (κ2) is 7.95. The van der Waals surface area contributed by atoms with Gasteiger partial charge in [-0.25, -0.2) is 0 Å². The maximum Gasteiger partial charge on any atom is 0.136 e. The molecule has 10 atom stereocenters. The highest BCUT2D eigenvalue weighted by molar-refractivity contribution is 5.83. The topological polar surface area (TPSA) is 37.3 Å². The Balaban J connectivity index is 1.53. The van der Waals surface area contributed by atoms with Crippen LogP contribution < -0.4 is 0 Å². The van der Waals surface area contributed by atoms with Crippen molar-refractivity contribution in [3.05, 3.63) is 0 Å². The lowest BCUT2D eigenvalue weighted by molar-refractivity contribution is -0.160. The zero-order valence-electron chi connectivity index (χ0n) is 19.8. The van der Waals surface area contributed by atoms with E-state index in [1.807, 2.05) is 0 Å². The van der Waals surface area contributed by atoms with Crippen LogP contribution in [0.4, 0.5) is 0 Å². The summed E-state index contributed by atoms with van der Waals surface area (Å²) in [7, 11) is 0.